The quantitative estimate of drug-likeness (QED) is 0.735. The monoisotopic (exact) mass is 216 g/mol. The van der Waals surface area contributed by atoms with Gasteiger partial charge in [-0.1, -0.05) is 12.1 Å². The van der Waals surface area contributed by atoms with E-state index in [1.165, 1.54) is 5.56 Å². The van der Waals surface area contributed by atoms with Crippen molar-refractivity contribution < 1.29 is 4.74 Å². The molecule has 2 aromatic heterocycles. The number of hydrogen-bond donors (Lipinski definition) is 0. The molecule has 2 rings (SSSR count). The SMILES string of the molecule is COc1ccc(C)cn1.Cc1cccnc1. The number of rotatable bonds is 1. The zero-order valence-corrected chi connectivity index (χ0v) is 9.84. The molecule has 0 atom stereocenters. The van der Waals surface area contributed by atoms with Crippen LogP contribution in [0, 0.1) is 13.8 Å². The third-order valence-corrected chi connectivity index (χ3v) is 1.90. The molecule has 2 aromatic rings. The summed E-state index contributed by atoms with van der Waals surface area (Å²) < 4.78 is 4.86. The molecule has 0 bridgehead atoms. The van der Waals surface area contributed by atoms with Gasteiger partial charge in [-0.2, -0.15) is 0 Å². The van der Waals surface area contributed by atoms with Crippen molar-refractivity contribution >= 4 is 0 Å². The van der Waals surface area contributed by atoms with Crippen molar-refractivity contribution in [3.8, 4) is 5.88 Å². The maximum Gasteiger partial charge on any atom is 0.212 e. The second kappa shape index (κ2) is 6.56. The topological polar surface area (TPSA) is 35.0 Å². The molecule has 0 aliphatic heterocycles. The Morgan fingerprint density at radius 3 is 2.12 bits per heavy atom. The molecule has 0 unspecified atom stereocenters. The molecule has 84 valence electrons. The van der Waals surface area contributed by atoms with Crippen LogP contribution in [0.25, 0.3) is 0 Å². The molecule has 0 saturated carbocycles. The molecule has 0 fully saturated rings. The first-order valence-electron chi connectivity index (χ1n) is 5.05. The van der Waals surface area contributed by atoms with Crippen LogP contribution in [0.4, 0.5) is 0 Å². The summed E-state index contributed by atoms with van der Waals surface area (Å²) in [5.74, 6) is 0.667. The van der Waals surface area contributed by atoms with E-state index in [4.69, 9.17) is 4.74 Å². The highest BCUT2D eigenvalue weighted by Crippen LogP contribution is 2.04. The van der Waals surface area contributed by atoms with Gasteiger partial charge in [0.1, 0.15) is 0 Å². The molecular formula is C13H16N2O. The van der Waals surface area contributed by atoms with Gasteiger partial charge in [-0.15, -0.1) is 0 Å². The Hall–Kier alpha value is -1.90. The largest absolute Gasteiger partial charge is 0.481 e. The van der Waals surface area contributed by atoms with E-state index in [1.807, 2.05) is 44.3 Å². The lowest BCUT2D eigenvalue weighted by Crippen LogP contribution is -1.85. The van der Waals surface area contributed by atoms with Gasteiger partial charge in [0.25, 0.3) is 0 Å². The minimum absolute atomic E-state index is 0.667. The number of pyridine rings is 2. The first kappa shape index (κ1) is 12.2. The predicted octanol–water partition coefficient (Wildman–Crippen LogP) is 2.79. The molecule has 0 N–H and O–H groups in total. The highest BCUT2D eigenvalue weighted by Gasteiger charge is 1.87. The number of aromatic nitrogens is 2. The fourth-order valence-corrected chi connectivity index (χ4v) is 1.02. The van der Waals surface area contributed by atoms with E-state index in [0.29, 0.717) is 5.88 Å². The molecule has 0 spiro atoms. The van der Waals surface area contributed by atoms with Crippen molar-refractivity contribution in [2.24, 2.45) is 0 Å². The van der Waals surface area contributed by atoms with Gasteiger partial charge in [-0.3, -0.25) is 4.98 Å². The third-order valence-electron chi connectivity index (χ3n) is 1.90. The zero-order chi connectivity index (χ0) is 11.8. The molecule has 0 aliphatic rings. The second-order valence-corrected chi connectivity index (χ2v) is 3.41. The number of methoxy groups -OCH3 is 1. The van der Waals surface area contributed by atoms with Crippen molar-refractivity contribution in [3.05, 3.63) is 54.0 Å². The Balaban J connectivity index is 0.000000165. The van der Waals surface area contributed by atoms with E-state index in [0.717, 1.165) is 5.56 Å². The second-order valence-electron chi connectivity index (χ2n) is 3.41. The fourth-order valence-electron chi connectivity index (χ4n) is 1.02. The molecule has 16 heavy (non-hydrogen) atoms. The van der Waals surface area contributed by atoms with Crippen LogP contribution in [-0.2, 0) is 0 Å². The smallest absolute Gasteiger partial charge is 0.212 e. The van der Waals surface area contributed by atoms with E-state index in [2.05, 4.69) is 9.97 Å². The van der Waals surface area contributed by atoms with Crippen LogP contribution in [0.2, 0.25) is 0 Å². The van der Waals surface area contributed by atoms with Gasteiger partial charge in [0.15, 0.2) is 0 Å². The summed E-state index contributed by atoms with van der Waals surface area (Å²) in [5.41, 5.74) is 2.36. The van der Waals surface area contributed by atoms with Crippen molar-refractivity contribution in [2.75, 3.05) is 7.11 Å². The van der Waals surface area contributed by atoms with Crippen LogP contribution in [0.1, 0.15) is 11.1 Å². The summed E-state index contributed by atoms with van der Waals surface area (Å²) in [7, 11) is 1.61. The molecule has 3 nitrogen and oxygen atoms in total. The van der Waals surface area contributed by atoms with Crippen LogP contribution >= 0.6 is 0 Å². The van der Waals surface area contributed by atoms with Crippen LogP contribution in [0.5, 0.6) is 5.88 Å². The lowest BCUT2D eigenvalue weighted by molar-refractivity contribution is 0.397. The van der Waals surface area contributed by atoms with E-state index in [1.54, 1.807) is 19.5 Å². The summed E-state index contributed by atoms with van der Waals surface area (Å²) >= 11 is 0. The number of ether oxygens (including phenoxy) is 1. The molecule has 2 heterocycles. The lowest BCUT2D eigenvalue weighted by atomic mass is 10.3. The van der Waals surface area contributed by atoms with Crippen molar-refractivity contribution in [1.29, 1.82) is 0 Å². The standard InChI is InChI=1S/C7H9NO.C6H7N/c1-6-3-4-7(9-2)8-5-6;1-6-3-2-4-7-5-6/h3-5H,1-2H3;2-5H,1H3. The van der Waals surface area contributed by atoms with Gasteiger partial charge >= 0.3 is 0 Å². The molecule has 0 aromatic carbocycles. The van der Waals surface area contributed by atoms with Gasteiger partial charge in [-0.05, 0) is 31.0 Å². The third kappa shape index (κ3) is 4.55. The first-order valence-corrected chi connectivity index (χ1v) is 5.05. The molecule has 0 aliphatic carbocycles. The number of aryl methyl sites for hydroxylation is 2. The molecular weight excluding hydrogens is 200 g/mol. The molecule has 0 saturated heterocycles. The minimum atomic E-state index is 0.667. The van der Waals surface area contributed by atoms with Gasteiger partial charge in [0.05, 0.1) is 7.11 Å². The highest BCUT2D eigenvalue weighted by atomic mass is 16.5. The van der Waals surface area contributed by atoms with Crippen LogP contribution in [0.3, 0.4) is 0 Å². The highest BCUT2D eigenvalue weighted by molar-refractivity contribution is 5.15. The van der Waals surface area contributed by atoms with Crippen molar-refractivity contribution in [1.82, 2.24) is 9.97 Å². The van der Waals surface area contributed by atoms with Crippen LogP contribution in [0.15, 0.2) is 42.9 Å². The Labute approximate surface area is 96.1 Å². The molecule has 3 heteroatoms. The van der Waals surface area contributed by atoms with E-state index in [9.17, 15) is 0 Å². The van der Waals surface area contributed by atoms with Crippen molar-refractivity contribution in [3.63, 3.8) is 0 Å². The van der Waals surface area contributed by atoms with Gasteiger partial charge in [-0.25, -0.2) is 4.98 Å². The lowest BCUT2D eigenvalue weighted by Gasteiger charge is -1.95. The van der Waals surface area contributed by atoms with E-state index < -0.39 is 0 Å². The number of hydrogen-bond acceptors (Lipinski definition) is 3. The number of nitrogens with zero attached hydrogens (tertiary/aromatic N) is 2. The minimum Gasteiger partial charge on any atom is -0.481 e. The van der Waals surface area contributed by atoms with Gasteiger partial charge in [0.2, 0.25) is 5.88 Å². The fraction of sp³-hybridized carbons (Fsp3) is 0.231. The maximum absolute atomic E-state index is 4.86. The van der Waals surface area contributed by atoms with Crippen molar-refractivity contribution in [2.45, 2.75) is 13.8 Å². The summed E-state index contributed by atoms with van der Waals surface area (Å²) in [5, 5.41) is 0. The summed E-state index contributed by atoms with van der Waals surface area (Å²) in [6.07, 6.45) is 5.38. The summed E-state index contributed by atoms with van der Waals surface area (Å²) in [6.45, 7) is 4.01. The molecule has 0 radical (unpaired) electrons. The normalized spacial score (nSPS) is 8.94. The van der Waals surface area contributed by atoms with Gasteiger partial charge < -0.3 is 4.74 Å². The Kier molecular flexibility index (Phi) is 4.99. The van der Waals surface area contributed by atoms with E-state index in [-0.39, 0.29) is 0 Å². The average Bonchev–Trinajstić information content (AvgIpc) is 2.32. The van der Waals surface area contributed by atoms with Gasteiger partial charge in [0, 0.05) is 24.7 Å². The maximum atomic E-state index is 4.86. The average molecular weight is 216 g/mol. The Morgan fingerprint density at radius 1 is 1.00 bits per heavy atom. The summed E-state index contributed by atoms with van der Waals surface area (Å²) in [6, 6.07) is 7.75. The summed E-state index contributed by atoms with van der Waals surface area (Å²) in [4.78, 5) is 7.86. The van der Waals surface area contributed by atoms with Crippen LogP contribution in [-0.4, -0.2) is 17.1 Å². The van der Waals surface area contributed by atoms with Crippen LogP contribution < -0.4 is 4.74 Å². The van der Waals surface area contributed by atoms with E-state index >= 15 is 0 Å². The molecule has 0 amide bonds. The zero-order valence-electron chi connectivity index (χ0n) is 9.84. The first-order chi connectivity index (χ1) is 7.72. The Bertz CT molecular complexity index is 398. The predicted molar refractivity (Wildman–Crippen MR) is 64.5 cm³/mol. The Morgan fingerprint density at radius 2 is 1.75 bits per heavy atom.